The Kier molecular flexibility index (Phi) is 2.74. The quantitative estimate of drug-likeness (QED) is 0.404. The molecule has 0 atom stereocenters. The van der Waals surface area contributed by atoms with Crippen molar-refractivity contribution in [2.24, 2.45) is 0 Å². The zero-order chi connectivity index (χ0) is 15.4. The fourth-order valence-corrected chi connectivity index (χ4v) is 3.87. The lowest BCUT2D eigenvalue weighted by Gasteiger charge is -2.25. The van der Waals surface area contributed by atoms with Crippen LogP contribution in [0.25, 0.3) is 32.9 Å². The summed E-state index contributed by atoms with van der Waals surface area (Å²) in [6.07, 6.45) is 2.21. The van der Waals surface area contributed by atoms with E-state index >= 15 is 0 Å². The van der Waals surface area contributed by atoms with Crippen molar-refractivity contribution in [2.45, 2.75) is 12.8 Å². The number of pyridine rings is 1. The highest BCUT2D eigenvalue weighted by molar-refractivity contribution is 6.33. The standard InChI is InChI=1S/C21H14ClN/c22-18-8-4-3-7-17(18)21-16-11-10-15(16)20-14-6-2-1-5-13(14)9-12-19(20)23-21/h1-9,12H,10-11H2. The van der Waals surface area contributed by atoms with Crippen LogP contribution in [0.2, 0.25) is 5.02 Å². The molecule has 110 valence electrons. The van der Waals surface area contributed by atoms with Gasteiger partial charge in [0.2, 0.25) is 0 Å². The predicted octanol–water partition coefficient (Wildman–Crippen LogP) is 5.81. The van der Waals surface area contributed by atoms with E-state index in [0.717, 1.165) is 34.6 Å². The van der Waals surface area contributed by atoms with Crippen LogP contribution in [0.15, 0.2) is 60.7 Å². The number of fused-ring (bicyclic) bond motifs is 5. The van der Waals surface area contributed by atoms with Crippen molar-refractivity contribution >= 4 is 33.3 Å². The molecule has 23 heavy (non-hydrogen) atoms. The van der Waals surface area contributed by atoms with Crippen LogP contribution in [0.4, 0.5) is 0 Å². The van der Waals surface area contributed by atoms with E-state index in [1.807, 2.05) is 18.2 Å². The Bertz CT molecular complexity index is 1080. The van der Waals surface area contributed by atoms with E-state index in [1.54, 1.807) is 0 Å². The Morgan fingerprint density at radius 1 is 0.783 bits per heavy atom. The SMILES string of the molecule is Clc1ccccc1-c1nc2ccc3ccccc3c2c2c1CC2. The molecule has 4 aromatic rings. The van der Waals surface area contributed by atoms with E-state index in [2.05, 4.69) is 42.5 Å². The monoisotopic (exact) mass is 315 g/mol. The maximum Gasteiger partial charge on any atom is 0.0759 e. The van der Waals surface area contributed by atoms with Gasteiger partial charge >= 0.3 is 0 Å². The second kappa shape index (κ2) is 4.81. The summed E-state index contributed by atoms with van der Waals surface area (Å²) >= 11 is 6.41. The van der Waals surface area contributed by atoms with Crippen molar-refractivity contribution in [3.8, 4) is 11.3 Å². The molecule has 3 aromatic carbocycles. The lowest BCUT2D eigenvalue weighted by atomic mass is 9.81. The van der Waals surface area contributed by atoms with Crippen LogP contribution in [0.5, 0.6) is 0 Å². The van der Waals surface area contributed by atoms with Gasteiger partial charge in [-0.2, -0.15) is 0 Å². The lowest BCUT2D eigenvalue weighted by molar-refractivity contribution is 0.847. The molecule has 0 aliphatic heterocycles. The number of aryl methyl sites for hydroxylation is 1. The third-order valence-corrected chi connectivity index (χ3v) is 5.17. The molecule has 5 rings (SSSR count). The maximum absolute atomic E-state index is 6.41. The molecule has 0 saturated heterocycles. The topological polar surface area (TPSA) is 12.9 Å². The zero-order valence-corrected chi connectivity index (χ0v) is 13.3. The van der Waals surface area contributed by atoms with E-state index < -0.39 is 0 Å². The van der Waals surface area contributed by atoms with Crippen LogP contribution in [-0.4, -0.2) is 4.98 Å². The van der Waals surface area contributed by atoms with Gasteiger partial charge in [0.05, 0.1) is 11.2 Å². The van der Waals surface area contributed by atoms with Gasteiger partial charge in [-0.1, -0.05) is 60.1 Å². The lowest BCUT2D eigenvalue weighted by Crippen LogP contribution is -2.13. The van der Waals surface area contributed by atoms with Gasteiger partial charge in [-0.3, -0.25) is 0 Å². The molecule has 0 spiro atoms. The van der Waals surface area contributed by atoms with Gasteiger partial charge in [0.1, 0.15) is 0 Å². The molecule has 0 bridgehead atoms. The van der Waals surface area contributed by atoms with Crippen molar-refractivity contribution in [1.29, 1.82) is 0 Å². The summed E-state index contributed by atoms with van der Waals surface area (Å²) in [5.41, 5.74) is 5.97. The van der Waals surface area contributed by atoms with Gasteiger partial charge < -0.3 is 0 Å². The van der Waals surface area contributed by atoms with Crippen LogP contribution in [0.3, 0.4) is 0 Å². The van der Waals surface area contributed by atoms with Gasteiger partial charge in [-0.05, 0) is 46.9 Å². The molecule has 0 radical (unpaired) electrons. The molecule has 1 aliphatic carbocycles. The van der Waals surface area contributed by atoms with Crippen LogP contribution >= 0.6 is 11.6 Å². The Hall–Kier alpha value is -2.38. The Labute approximate surface area is 139 Å². The van der Waals surface area contributed by atoms with E-state index in [9.17, 15) is 0 Å². The van der Waals surface area contributed by atoms with Crippen LogP contribution in [0.1, 0.15) is 11.1 Å². The van der Waals surface area contributed by atoms with Crippen LogP contribution in [-0.2, 0) is 12.8 Å². The average Bonchev–Trinajstić information content (AvgIpc) is 2.55. The summed E-state index contributed by atoms with van der Waals surface area (Å²) in [5.74, 6) is 0. The fraction of sp³-hybridized carbons (Fsp3) is 0.0952. The molecule has 1 aromatic heterocycles. The second-order valence-corrected chi connectivity index (χ2v) is 6.49. The molecule has 0 fully saturated rings. The minimum Gasteiger partial charge on any atom is -0.247 e. The number of nitrogens with zero attached hydrogens (tertiary/aromatic N) is 1. The van der Waals surface area contributed by atoms with Gasteiger partial charge in [-0.25, -0.2) is 4.98 Å². The van der Waals surface area contributed by atoms with Gasteiger partial charge in [0, 0.05) is 16.0 Å². The first-order valence-electron chi connectivity index (χ1n) is 7.91. The summed E-state index contributed by atoms with van der Waals surface area (Å²) in [5, 5.41) is 4.68. The number of aromatic nitrogens is 1. The van der Waals surface area contributed by atoms with Crippen molar-refractivity contribution in [1.82, 2.24) is 4.98 Å². The van der Waals surface area contributed by atoms with Crippen molar-refractivity contribution < 1.29 is 0 Å². The highest BCUT2D eigenvalue weighted by atomic mass is 35.5. The number of halogens is 1. The summed E-state index contributed by atoms with van der Waals surface area (Å²) in [6.45, 7) is 0. The highest BCUT2D eigenvalue weighted by Crippen LogP contribution is 2.41. The molecule has 1 aliphatic rings. The number of benzene rings is 3. The highest BCUT2D eigenvalue weighted by Gasteiger charge is 2.24. The molecule has 1 nitrogen and oxygen atoms in total. The predicted molar refractivity (Wildman–Crippen MR) is 97.1 cm³/mol. The first kappa shape index (κ1) is 13.1. The summed E-state index contributed by atoms with van der Waals surface area (Å²) < 4.78 is 0. The first-order valence-corrected chi connectivity index (χ1v) is 8.29. The van der Waals surface area contributed by atoms with Crippen molar-refractivity contribution in [3.05, 3.63) is 76.8 Å². The van der Waals surface area contributed by atoms with E-state index in [-0.39, 0.29) is 0 Å². The normalized spacial score (nSPS) is 13.1. The first-order chi connectivity index (χ1) is 11.3. The van der Waals surface area contributed by atoms with Crippen LogP contribution in [0, 0.1) is 0 Å². The third-order valence-electron chi connectivity index (χ3n) is 4.85. The van der Waals surface area contributed by atoms with Crippen molar-refractivity contribution in [2.75, 3.05) is 0 Å². The van der Waals surface area contributed by atoms with Gasteiger partial charge in [0.15, 0.2) is 0 Å². The minimum atomic E-state index is 0.772. The average molecular weight is 316 g/mol. The Balaban J connectivity index is 1.90. The molecule has 0 N–H and O–H groups in total. The van der Waals surface area contributed by atoms with E-state index in [1.165, 1.54) is 27.3 Å². The van der Waals surface area contributed by atoms with Crippen molar-refractivity contribution in [3.63, 3.8) is 0 Å². The third kappa shape index (κ3) is 1.83. The summed E-state index contributed by atoms with van der Waals surface area (Å²) in [4.78, 5) is 4.98. The second-order valence-electron chi connectivity index (χ2n) is 6.08. The van der Waals surface area contributed by atoms with E-state index in [0.29, 0.717) is 0 Å². The molecule has 0 saturated carbocycles. The summed E-state index contributed by atoms with van der Waals surface area (Å²) in [7, 11) is 0. The largest absolute Gasteiger partial charge is 0.247 e. The molecule has 1 heterocycles. The molecular weight excluding hydrogens is 302 g/mol. The summed E-state index contributed by atoms with van der Waals surface area (Å²) in [6, 6.07) is 20.9. The molecule has 0 unspecified atom stereocenters. The van der Waals surface area contributed by atoms with Crippen LogP contribution < -0.4 is 0 Å². The number of hydrogen-bond donors (Lipinski definition) is 0. The Morgan fingerprint density at radius 3 is 2.39 bits per heavy atom. The molecule has 2 heteroatoms. The van der Waals surface area contributed by atoms with E-state index in [4.69, 9.17) is 16.6 Å². The number of hydrogen-bond acceptors (Lipinski definition) is 1. The van der Waals surface area contributed by atoms with Gasteiger partial charge in [0.25, 0.3) is 0 Å². The fourth-order valence-electron chi connectivity index (χ4n) is 3.65. The maximum atomic E-state index is 6.41. The van der Waals surface area contributed by atoms with Gasteiger partial charge in [-0.15, -0.1) is 0 Å². The minimum absolute atomic E-state index is 0.772. The molecular formula is C21H14ClN. The Morgan fingerprint density at radius 2 is 1.57 bits per heavy atom. The molecule has 0 amide bonds. The smallest absolute Gasteiger partial charge is 0.0759 e. The zero-order valence-electron chi connectivity index (χ0n) is 12.5. The number of rotatable bonds is 1.